The van der Waals surface area contributed by atoms with Crippen molar-refractivity contribution in [2.24, 2.45) is 5.92 Å². The molecule has 0 aromatic heterocycles. The number of benzene rings is 1. The number of aliphatic carboxylic acids is 1. The summed E-state index contributed by atoms with van der Waals surface area (Å²) in [6.07, 6.45) is 2.23. The number of carboxylic acid groups (broad SMARTS) is 1. The predicted octanol–water partition coefficient (Wildman–Crippen LogP) is 3.84. The summed E-state index contributed by atoms with van der Waals surface area (Å²) in [5.41, 5.74) is 1.05. The Labute approximate surface area is 126 Å². The van der Waals surface area contributed by atoms with E-state index in [1.807, 2.05) is 0 Å². The zero-order chi connectivity index (χ0) is 14.7. The van der Waals surface area contributed by atoms with Gasteiger partial charge in [0.15, 0.2) is 0 Å². The molecule has 1 heterocycles. The van der Waals surface area contributed by atoms with E-state index in [1.54, 1.807) is 12.1 Å². The summed E-state index contributed by atoms with van der Waals surface area (Å²) < 4.78 is 13.8. The largest absolute Gasteiger partial charge is 0.481 e. The van der Waals surface area contributed by atoms with Crippen LogP contribution in [0.15, 0.2) is 22.7 Å². The summed E-state index contributed by atoms with van der Waals surface area (Å²) >= 11 is 3.21. The van der Waals surface area contributed by atoms with Gasteiger partial charge in [0.1, 0.15) is 5.82 Å². The molecule has 0 saturated carbocycles. The van der Waals surface area contributed by atoms with E-state index in [-0.39, 0.29) is 24.2 Å². The fourth-order valence-electron chi connectivity index (χ4n) is 2.85. The molecule has 1 aromatic rings. The highest BCUT2D eigenvalue weighted by Crippen LogP contribution is 2.29. The van der Waals surface area contributed by atoms with Gasteiger partial charge in [-0.15, -0.1) is 0 Å². The third-order valence-corrected chi connectivity index (χ3v) is 4.60. The van der Waals surface area contributed by atoms with Gasteiger partial charge in [-0.05, 0) is 65.9 Å². The van der Waals surface area contributed by atoms with Gasteiger partial charge in [0, 0.05) is 19.0 Å². The second kappa shape index (κ2) is 6.68. The first-order valence-electron chi connectivity index (χ1n) is 6.88. The lowest BCUT2D eigenvalue weighted by Crippen LogP contribution is -2.38. The monoisotopic (exact) mass is 343 g/mol. The quantitative estimate of drug-likeness (QED) is 0.902. The second-order valence-corrected chi connectivity index (χ2v) is 6.30. The topological polar surface area (TPSA) is 40.5 Å². The van der Waals surface area contributed by atoms with Crippen LogP contribution in [0, 0.1) is 11.7 Å². The highest BCUT2D eigenvalue weighted by molar-refractivity contribution is 9.10. The molecule has 5 heteroatoms. The summed E-state index contributed by atoms with van der Waals surface area (Å²) in [6.45, 7) is 3.84. The molecule has 1 fully saturated rings. The Morgan fingerprint density at radius 1 is 1.60 bits per heavy atom. The van der Waals surface area contributed by atoms with Gasteiger partial charge < -0.3 is 5.11 Å². The smallest absolute Gasteiger partial charge is 0.303 e. The number of likely N-dealkylation sites (tertiary alicyclic amines) is 1. The van der Waals surface area contributed by atoms with E-state index in [2.05, 4.69) is 27.8 Å². The molecule has 20 heavy (non-hydrogen) atoms. The highest BCUT2D eigenvalue weighted by Gasteiger charge is 2.26. The summed E-state index contributed by atoms with van der Waals surface area (Å²) in [4.78, 5) is 13.1. The normalized spacial score (nSPS) is 21.6. The molecule has 1 N–H and O–H groups in total. The van der Waals surface area contributed by atoms with Gasteiger partial charge in [-0.2, -0.15) is 0 Å². The van der Waals surface area contributed by atoms with Gasteiger partial charge in [0.05, 0.1) is 4.47 Å². The maximum absolute atomic E-state index is 13.3. The van der Waals surface area contributed by atoms with E-state index in [4.69, 9.17) is 5.11 Å². The van der Waals surface area contributed by atoms with Gasteiger partial charge in [-0.1, -0.05) is 6.07 Å². The van der Waals surface area contributed by atoms with Crippen molar-refractivity contribution >= 4 is 21.9 Å². The zero-order valence-corrected chi connectivity index (χ0v) is 13.1. The first-order chi connectivity index (χ1) is 9.47. The summed E-state index contributed by atoms with van der Waals surface area (Å²) in [5.74, 6) is -0.773. The molecule has 2 rings (SSSR count). The van der Waals surface area contributed by atoms with E-state index >= 15 is 0 Å². The van der Waals surface area contributed by atoms with Crippen LogP contribution in [0.4, 0.5) is 4.39 Å². The minimum atomic E-state index is -0.728. The van der Waals surface area contributed by atoms with Crippen molar-refractivity contribution in [2.45, 2.75) is 32.2 Å². The third-order valence-electron chi connectivity index (χ3n) is 3.99. The molecule has 0 amide bonds. The summed E-state index contributed by atoms with van der Waals surface area (Å²) in [7, 11) is 0. The lowest BCUT2D eigenvalue weighted by molar-refractivity contribution is -0.138. The van der Waals surface area contributed by atoms with E-state index < -0.39 is 5.97 Å². The molecule has 1 aliphatic rings. The van der Waals surface area contributed by atoms with Crippen LogP contribution in [0.5, 0.6) is 0 Å². The maximum atomic E-state index is 13.3. The zero-order valence-electron chi connectivity index (χ0n) is 11.5. The lowest BCUT2D eigenvalue weighted by Gasteiger charge is -2.36. The van der Waals surface area contributed by atoms with Gasteiger partial charge in [0.2, 0.25) is 0 Å². The fourth-order valence-corrected chi connectivity index (χ4v) is 3.24. The Morgan fingerprint density at radius 3 is 3.00 bits per heavy atom. The van der Waals surface area contributed by atoms with Gasteiger partial charge >= 0.3 is 5.97 Å². The lowest BCUT2D eigenvalue weighted by atomic mass is 9.93. The molecule has 1 aliphatic heterocycles. The molecule has 0 spiro atoms. The van der Waals surface area contributed by atoms with Crippen molar-refractivity contribution in [1.82, 2.24) is 4.90 Å². The number of hydrogen-bond donors (Lipinski definition) is 1. The molecular weight excluding hydrogens is 325 g/mol. The van der Waals surface area contributed by atoms with Crippen LogP contribution in [-0.4, -0.2) is 29.1 Å². The SMILES string of the molecule is CC(c1ccc(F)c(Br)c1)N1CCCC(CC(=O)O)C1. The van der Waals surface area contributed by atoms with Crippen molar-refractivity contribution in [3.63, 3.8) is 0 Å². The molecule has 2 atom stereocenters. The molecule has 1 aromatic carbocycles. The number of nitrogens with zero attached hydrogens (tertiary/aromatic N) is 1. The Morgan fingerprint density at radius 2 is 2.35 bits per heavy atom. The van der Waals surface area contributed by atoms with Crippen molar-refractivity contribution in [3.05, 3.63) is 34.1 Å². The van der Waals surface area contributed by atoms with Crippen LogP contribution in [0.3, 0.4) is 0 Å². The van der Waals surface area contributed by atoms with Crippen LogP contribution in [-0.2, 0) is 4.79 Å². The number of carbonyl (C=O) groups is 1. The van der Waals surface area contributed by atoms with Crippen LogP contribution < -0.4 is 0 Å². The Hall–Kier alpha value is -0.940. The van der Waals surface area contributed by atoms with Gasteiger partial charge in [-0.25, -0.2) is 4.39 Å². The minimum Gasteiger partial charge on any atom is -0.481 e. The first kappa shape index (κ1) is 15.4. The summed E-state index contributed by atoms with van der Waals surface area (Å²) in [5, 5.41) is 8.91. The average Bonchev–Trinajstić information content (AvgIpc) is 2.40. The number of rotatable bonds is 4. The Balaban J connectivity index is 2.05. The van der Waals surface area contributed by atoms with Crippen molar-refractivity contribution in [3.8, 4) is 0 Å². The number of piperidine rings is 1. The molecule has 0 aliphatic carbocycles. The summed E-state index contributed by atoms with van der Waals surface area (Å²) in [6, 6.07) is 5.24. The Kier molecular flexibility index (Phi) is 5.16. The number of hydrogen-bond acceptors (Lipinski definition) is 2. The highest BCUT2D eigenvalue weighted by atomic mass is 79.9. The van der Waals surface area contributed by atoms with Crippen LogP contribution in [0.25, 0.3) is 0 Å². The fraction of sp³-hybridized carbons (Fsp3) is 0.533. The maximum Gasteiger partial charge on any atom is 0.303 e. The van der Waals surface area contributed by atoms with E-state index in [0.29, 0.717) is 4.47 Å². The van der Waals surface area contributed by atoms with Crippen LogP contribution >= 0.6 is 15.9 Å². The average molecular weight is 344 g/mol. The Bertz CT molecular complexity index is 495. The number of halogens is 2. The van der Waals surface area contributed by atoms with Gasteiger partial charge in [-0.3, -0.25) is 9.69 Å². The van der Waals surface area contributed by atoms with Gasteiger partial charge in [0.25, 0.3) is 0 Å². The molecule has 2 unspecified atom stereocenters. The molecule has 0 radical (unpaired) electrons. The van der Waals surface area contributed by atoms with Crippen molar-refractivity contribution in [2.75, 3.05) is 13.1 Å². The predicted molar refractivity (Wildman–Crippen MR) is 79.1 cm³/mol. The molecule has 3 nitrogen and oxygen atoms in total. The van der Waals surface area contributed by atoms with Crippen LogP contribution in [0.2, 0.25) is 0 Å². The van der Waals surface area contributed by atoms with E-state index in [0.717, 1.165) is 31.5 Å². The third kappa shape index (κ3) is 3.79. The standard InChI is InChI=1S/C15H19BrFNO2/c1-10(12-4-5-14(17)13(16)8-12)18-6-2-3-11(9-18)7-15(19)20/h4-5,8,10-11H,2-3,6-7,9H2,1H3,(H,19,20). The van der Waals surface area contributed by atoms with Crippen LogP contribution in [0.1, 0.15) is 37.8 Å². The molecule has 1 saturated heterocycles. The molecule has 110 valence electrons. The number of carboxylic acids is 1. The minimum absolute atomic E-state index is 0.170. The van der Waals surface area contributed by atoms with Crippen molar-refractivity contribution < 1.29 is 14.3 Å². The van der Waals surface area contributed by atoms with E-state index in [1.165, 1.54) is 6.07 Å². The second-order valence-electron chi connectivity index (χ2n) is 5.45. The van der Waals surface area contributed by atoms with Crippen molar-refractivity contribution in [1.29, 1.82) is 0 Å². The van der Waals surface area contributed by atoms with E-state index in [9.17, 15) is 9.18 Å². The molecular formula is C15H19BrFNO2. The molecule has 0 bridgehead atoms. The first-order valence-corrected chi connectivity index (χ1v) is 7.67.